The van der Waals surface area contributed by atoms with Crippen LogP contribution >= 0.6 is 0 Å². The summed E-state index contributed by atoms with van der Waals surface area (Å²) in [5.74, 6) is -2.83. The predicted octanol–water partition coefficient (Wildman–Crippen LogP) is 4.03. The van der Waals surface area contributed by atoms with Gasteiger partial charge in [-0.25, -0.2) is 9.59 Å². The molecule has 0 atom stereocenters. The summed E-state index contributed by atoms with van der Waals surface area (Å²) in [6.07, 6.45) is 0. The van der Waals surface area contributed by atoms with E-state index in [0.717, 1.165) is 0 Å². The van der Waals surface area contributed by atoms with Crippen molar-refractivity contribution in [3.05, 3.63) is 71.8 Å². The number of aromatic hydroxyl groups is 3. The fourth-order valence-electron chi connectivity index (χ4n) is 3.11. The monoisotopic (exact) mass is 390 g/mol. The van der Waals surface area contributed by atoms with Gasteiger partial charge in [0.15, 0.2) is 0 Å². The maximum atomic E-state index is 12.7. The van der Waals surface area contributed by atoms with Gasteiger partial charge in [0, 0.05) is 0 Å². The molecule has 4 N–H and O–H groups in total. The second-order valence-electron chi connectivity index (χ2n) is 6.48. The second kappa shape index (κ2) is 6.72. The van der Waals surface area contributed by atoms with Crippen molar-refractivity contribution in [2.24, 2.45) is 0 Å². The van der Waals surface area contributed by atoms with Crippen LogP contribution in [-0.4, -0.2) is 32.4 Å². The van der Waals surface area contributed by atoms with Crippen LogP contribution in [0.5, 0.6) is 23.0 Å². The Labute approximate surface area is 163 Å². The number of ether oxygens (including phenoxy) is 1. The number of phenolic OH excluding ortho intramolecular Hbond substituents is 3. The van der Waals surface area contributed by atoms with Gasteiger partial charge in [-0.15, -0.1) is 0 Å². The van der Waals surface area contributed by atoms with Gasteiger partial charge in [-0.3, -0.25) is 0 Å². The number of benzene rings is 4. The molecule has 4 aromatic carbocycles. The standard InChI is InChI=1S/C22H14O7/c23-15-3-1-11-9-19(25)17(7-13(11)5-15)22(28)29-20-10-12-2-4-16(24)6-14(12)8-18(20)21(26)27/h1-10,23-25H,(H,26,27). The molecule has 0 aliphatic heterocycles. The molecule has 0 unspecified atom stereocenters. The summed E-state index contributed by atoms with van der Waals surface area (Å²) in [4.78, 5) is 24.3. The minimum atomic E-state index is -1.31. The summed E-state index contributed by atoms with van der Waals surface area (Å²) >= 11 is 0. The van der Waals surface area contributed by atoms with Crippen molar-refractivity contribution in [1.82, 2.24) is 0 Å². The van der Waals surface area contributed by atoms with Crippen molar-refractivity contribution >= 4 is 33.5 Å². The van der Waals surface area contributed by atoms with E-state index in [0.29, 0.717) is 21.5 Å². The number of fused-ring (bicyclic) bond motifs is 2. The van der Waals surface area contributed by atoms with Crippen LogP contribution in [0.25, 0.3) is 21.5 Å². The first-order chi connectivity index (χ1) is 13.8. The number of carboxylic acids is 1. The molecule has 0 aliphatic rings. The minimum absolute atomic E-state index is 0.00606. The fourth-order valence-corrected chi connectivity index (χ4v) is 3.11. The molecule has 0 aromatic heterocycles. The van der Waals surface area contributed by atoms with Gasteiger partial charge in [-0.1, -0.05) is 12.1 Å². The predicted molar refractivity (Wildman–Crippen MR) is 105 cm³/mol. The van der Waals surface area contributed by atoms with Crippen LogP contribution in [-0.2, 0) is 0 Å². The molecule has 0 heterocycles. The molecule has 4 rings (SSSR count). The summed E-state index contributed by atoms with van der Waals surface area (Å²) in [5.41, 5.74) is -0.445. The Hall–Kier alpha value is -4.26. The molecule has 0 radical (unpaired) electrons. The molecular formula is C22H14O7. The zero-order valence-corrected chi connectivity index (χ0v) is 14.8. The van der Waals surface area contributed by atoms with Crippen molar-refractivity contribution in [3.63, 3.8) is 0 Å². The number of hydrogen-bond donors (Lipinski definition) is 4. The van der Waals surface area contributed by atoms with Crippen LogP contribution in [0.4, 0.5) is 0 Å². The number of carboxylic acid groups (broad SMARTS) is 1. The van der Waals surface area contributed by atoms with E-state index in [-0.39, 0.29) is 34.1 Å². The number of carbonyl (C=O) groups is 2. The normalized spacial score (nSPS) is 10.9. The lowest BCUT2D eigenvalue weighted by Gasteiger charge is -2.11. The molecule has 0 spiro atoms. The third kappa shape index (κ3) is 3.37. The number of aromatic carboxylic acids is 1. The van der Waals surface area contributed by atoms with Gasteiger partial charge in [-0.2, -0.15) is 0 Å². The highest BCUT2D eigenvalue weighted by Gasteiger charge is 2.20. The molecule has 0 saturated carbocycles. The summed E-state index contributed by atoms with van der Waals surface area (Å²) in [5, 5.41) is 41.0. The van der Waals surface area contributed by atoms with Crippen molar-refractivity contribution in [1.29, 1.82) is 0 Å². The van der Waals surface area contributed by atoms with E-state index in [1.807, 2.05) is 0 Å². The first-order valence-electron chi connectivity index (χ1n) is 8.50. The fraction of sp³-hybridized carbons (Fsp3) is 0. The smallest absolute Gasteiger partial charge is 0.347 e. The van der Waals surface area contributed by atoms with Crippen LogP contribution in [0.3, 0.4) is 0 Å². The summed E-state index contributed by atoms with van der Waals surface area (Å²) < 4.78 is 5.29. The van der Waals surface area contributed by atoms with E-state index < -0.39 is 11.9 Å². The van der Waals surface area contributed by atoms with Gasteiger partial charge in [0.1, 0.15) is 34.1 Å². The van der Waals surface area contributed by atoms with Crippen LogP contribution < -0.4 is 4.74 Å². The number of rotatable bonds is 3. The summed E-state index contributed by atoms with van der Waals surface area (Å²) in [6, 6.07) is 14.2. The Morgan fingerprint density at radius 2 is 1.21 bits per heavy atom. The number of esters is 1. The van der Waals surface area contributed by atoms with E-state index >= 15 is 0 Å². The highest BCUT2D eigenvalue weighted by Crippen LogP contribution is 2.32. The molecule has 0 fully saturated rings. The first-order valence-corrected chi connectivity index (χ1v) is 8.50. The van der Waals surface area contributed by atoms with Gasteiger partial charge in [0.25, 0.3) is 0 Å². The molecule has 0 amide bonds. The van der Waals surface area contributed by atoms with Gasteiger partial charge in [0.2, 0.25) is 0 Å². The lowest BCUT2D eigenvalue weighted by atomic mass is 10.0. The Morgan fingerprint density at radius 3 is 1.79 bits per heavy atom. The molecule has 7 heteroatoms. The van der Waals surface area contributed by atoms with E-state index in [4.69, 9.17) is 4.74 Å². The highest BCUT2D eigenvalue weighted by molar-refractivity contribution is 6.03. The Bertz CT molecular complexity index is 1310. The van der Waals surface area contributed by atoms with Gasteiger partial charge in [0.05, 0.1) is 0 Å². The van der Waals surface area contributed by atoms with E-state index in [1.54, 1.807) is 12.1 Å². The highest BCUT2D eigenvalue weighted by atomic mass is 16.5. The lowest BCUT2D eigenvalue weighted by molar-refractivity contribution is 0.0681. The second-order valence-corrected chi connectivity index (χ2v) is 6.48. The maximum Gasteiger partial charge on any atom is 0.347 e. The third-order valence-corrected chi connectivity index (χ3v) is 4.51. The van der Waals surface area contributed by atoms with Crippen LogP contribution in [0, 0.1) is 0 Å². The Kier molecular flexibility index (Phi) is 4.20. The molecule has 7 nitrogen and oxygen atoms in total. The summed E-state index contributed by atoms with van der Waals surface area (Å²) in [6.45, 7) is 0. The molecule has 0 bridgehead atoms. The maximum absolute atomic E-state index is 12.7. The molecule has 0 saturated heterocycles. The van der Waals surface area contributed by atoms with E-state index in [9.17, 15) is 30.0 Å². The van der Waals surface area contributed by atoms with Gasteiger partial charge in [-0.05, 0) is 70.1 Å². The van der Waals surface area contributed by atoms with Crippen LogP contribution in [0.2, 0.25) is 0 Å². The van der Waals surface area contributed by atoms with Crippen molar-refractivity contribution in [3.8, 4) is 23.0 Å². The largest absolute Gasteiger partial charge is 0.508 e. The first kappa shape index (κ1) is 18.1. The average molecular weight is 390 g/mol. The zero-order chi connectivity index (χ0) is 20.7. The Balaban J connectivity index is 1.78. The number of hydrogen-bond acceptors (Lipinski definition) is 6. The molecule has 29 heavy (non-hydrogen) atoms. The van der Waals surface area contributed by atoms with Crippen molar-refractivity contribution < 1.29 is 34.8 Å². The van der Waals surface area contributed by atoms with E-state index in [1.165, 1.54) is 48.5 Å². The number of carbonyl (C=O) groups excluding carboxylic acids is 1. The number of phenols is 3. The SMILES string of the molecule is O=C(Oc1cc2ccc(O)cc2cc1C(=O)O)c1cc2cc(O)ccc2cc1O. The van der Waals surface area contributed by atoms with Crippen LogP contribution in [0.15, 0.2) is 60.7 Å². The van der Waals surface area contributed by atoms with Crippen molar-refractivity contribution in [2.75, 3.05) is 0 Å². The van der Waals surface area contributed by atoms with Crippen LogP contribution in [0.1, 0.15) is 20.7 Å². The topological polar surface area (TPSA) is 124 Å². The van der Waals surface area contributed by atoms with Gasteiger partial charge >= 0.3 is 11.9 Å². The molecule has 4 aromatic rings. The Morgan fingerprint density at radius 1 is 0.655 bits per heavy atom. The molecule has 144 valence electrons. The quantitative estimate of drug-likeness (QED) is 0.307. The molecular weight excluding hydrogens is 376 g/mol. The molecule has 0 aliphatic carbocycles. The van der Waals surface area contributed by atoms with Gasteiger partial charge < -0.3 is 25.2 Å². The third-order valence-electron chi connectivity index (χ3n) is 4.51. The van der Waals surface area contributed by atoms with Crippen molar-refractivity contribution in [2.45, 2.75) is 0 Å². The average Bonchev–Trinajstić information content (AvgIpc) is 2.67. The minimum Gasteiger partial charge on any atom is -0.508 e. The summed E-state index contributed by atoms with van der Waals surface area (Å²) in [7, 11) is 0. The zero-order valence-electron chi connectivity index (χ0n) is 14.8. The lowest BCUT2D eigenvalue weighted by Crippen LogP contribution is -2.12. The van der Waals surface area contributed by atoms with E-state index in [2.05, 4.69) is 0 Å².